The summed E-state index contributed by atoms with van der Waals surface area (Å²) in [6, 6.07) is 7.49. The standard InChI is InChI=1S/C17H28N2O2/c1-17(2,3)15(10-11-19(4)5)18-12-13-6-8-14(9-7-13)16(20)21/h6-9,15,18H,10-12H2,1-5H3,(H,20,21). The highest BCUT2D eigenvalue weighted by atomic mass is 16.4. The van der Waals surface area contributed by atoms with E-state index in [9.17, 15) is 4.79 Å². The SMILES string of the molecule is CN(C)CCC(NCc1ccc(C(=O)O)cc1)C(C)(C)C. The van der Waals surface area contributed by atoms with Crippen molar-refractivity contribution in [1.82, 2.24) is 10.2 Å². The smallest absolute Gasteiger partial charge is 0.335 e. The van der Waals surface area contributed by atoms with Gasteiger partial charge in [0.1, 0.15) is 0 Å². The Labute approximate surface area is 128 Å². The minimum Gasteiger partial charge on any atom is -0.478 e. The van der Waals surface area contributed by atoms with E-state index in [2.05, 4.69) is 45.1 Å². The Morgan fingerprint density at radius 3 is 2.24 bits per heavy atom. The molecule has 0 fully saturated rings. The number of carboxylic acid groups (broad SMARTS) is 1. The molecule has 4 heteroatoms. The second kappa shape index (κ2) is 7.57. The molecule has 1 unspecified atom stereocenters. The zero-order chi connectivity index (χ0) is 16.0. The maximum Gasteiger partial charge on any atom is 0.335 e. The van der Waals surface area contributed by atoms with Crippen LogP contribution < -0.4 is 5.32 Å². The van der Waals surface area contributed by atoms with Crippen molar-refractivity contribution >= 4 is 5.97 Å². The Morgan fingerprint density at radius 2 is 1.81 bits per heavy atom. The molecule has 118 valence electrons. The molecule has 1 atom stereocenters. The number of carbonyl (C=O) groups is 1. The second-order valence-electron chi connectivity index (χ2n) is 6.89. The molecule has 0 bridgehead atoms. The summed E-state index contributed by atoms with van der Waals surface area (Å²) < 4.78 is 0. The van der Waals surface area contributed by atoms with Crippen LogP contribution in [0.5, 0.6) is 0 Å². The van der Waals surface area contributed by atoms with Crippen molar-refractivity contribution in [3.05, 3.63) is 35.4 Å². The van der Waals surface area contributed by atoms with Crippen molar-refractivity contribution < 1.29 is 9.90 Å². The molecule has 21 heavy (non-hydrogen) atoms. The number of carboxylic acids is 1. The second-order valence-corrected chi connectivity index (χ2v) is 6.89. The van der Waals surface area contributed by atoms with Gasteiger partial charge in [0.25, 0.3) is 0 Å². The largest absolute Gasteiger partial charge is 0.478 e. The quantitative estimate of drug-likeness (QED) is 0.811. The van der Waals surface area contributed by atoms with Crippen LogP contribution in [-0.2, 0) is 6.54 Å². The third-order valence-corrected chi connectivity index (χ3v) is 3.66. The summed E-state index contributed by atoms with van der Waals surface area (Å²) in [5, 5.41) is 12.5. The van der Waals surface area contributed by atoms with Gasteiger partial charge < -0.3 is 15.3 Å². The molecule has 0 radical (unpaired) electrons. The van der Waals surface area contributed by atoms with E-state index < -0.39 is 5.97 Å². The third kappa shape index (κ3) is 6.27. The highest BCUT2D eigenvalue weighted by Crippen LogP contribution is 2.22. The zero-order valence-corrected chi connectivity index (χ0v) is 13.8. The van der Waals surface area contributed by atoms with Crippen molar-refractivity contribution in [2.75, 3.05) is 20.6 Å². The van der Waals surface area contributed by atoms with Gasteiger partial charge in [-0.3, -0.25) is 0 Å². The number of nitrogens with zero attached hydrogens (tertiary/aromatic N) is 1. The van der Waals surface area contributed by atoms with Gasteiger partial charge in [0, 0.05) is 12.6 Å². The van der Waals surface area contributed by atoms with Gasteiger partial charge in [0.2, 0.25) is 0 Å². The summed E-state index contributed by atoms with van der Waals surface area (Å²) in [5.41, 5.74) is 1.63. The Hall–Kier alpha value is -1.39. The van der Waals surface area contributed by atoms with E-state index >= 15 is 0 Å². The number of hydrogen-bond acceptors (Lipinski definition) is 3. The third-order valence-electron chi connectivity index (χ3n) is 3.66. The first-order chi connectivity index (χ1) is 9.70. The molecule has 4 nitrogen and oxygen atoms in total. The summed E-state index contributed by atoms with van der Waals surface area (Å²) in [5.74, 6) is -0.881. The van der Waals surface area contributed by atoms with Gasteiger partial charge in [-0.15, -0.1) is 0 Å². The highest BCUT2D eigenvalue weighted by molar-refractivity contribution is 5.87. The predicted octanol–water partition coefficient (Wildman–Crippen LogP) is 2.84. The molecule has 0 saturated carbocycles. The number of aromatic carboxylic acids is 1. The van der Waals surface area contributed by atoms with Crippen molar-refractivity contribution in [1.29, 1.82) is 0 Å². The minimum absolute atomic E-state index is 0.191. The van der Waals surface area contributed by atoms with Crippen LogP contribution >= 0.6 is 0 Å². The zero-order valence-electron chi connectivity index (χ0n) is 13.8. The maximum absolute atomic E-state index is 10.8. The van der Waals surface area contributed by atoms with Crippen LogP contribution in [0.1, 0.15) is 43.1 Å². The first kappa shape index (κ1) is 17.7. The van der Waals surface area contributed by atoms with Crippen LogP contribution in [0, 0.1) is 5.41 Å². The molecule has 0 aliphatic heterocycles. The lowest BCUT2D eigenvalue weighted by Crippen LogP contribution is -2.41. The fourth-order valence-corrected chi connectivity index (χ4v) is 2.23. The summed E-state index contributed by atoms with van der Waals surface area (Å²) in [6.45, 7) is 8.54. The van der Waals surface area contributed by atoms with Gasteiger partial charge >= 0.3 is 5.97 Å². The Balaban J connectivity index is 2.61. The lowest BCUT2D eigenvalue weighted by Gasteiger charge is -2.32. The van der Waals surface area contributed by atoms with Gasteiger partial charge in [0.05, 0.1) is 5.56 Å². The fraction of sp³-hybridized carbons (Fsp3) is 0.588. The number of nitrogens with one attached hydrogen (secondary N) is 1. The Morgan fingerprint density at radius 1 is 1.24 bits per heavy atom. The molecular formula is C17H28N2O2. The van der Waals surface area contributed by atoms with Crippen LogP contribution in [0.25, 0.3) is 0 Å². The maximum atomic E-state index is 10.8. The molecule has 2 N–H and O–H groups in total. The van der Waals surface area contributed by atoms with Gasteiger partial charge in [-0.1, -0.05) is 32.9 Å². The molecule has 0 aromatic heterocycles. The summed E-state index contributed by atoms with van der Waals surface area (Å²) in [4.78, 5) is 13.0. The normalized spacial score (nSPS) is 13.4. The van der Waals surface area contributed by atoms with E-state index in [4.69, 9.17) is 5.11 Å². The van der Waals surface area contributed by atoms with E-state index in [-0.39, 0.29) is 5.41 Å². The molecule has 0 saturated heterocycles. The van der Waals surface area contributed by atoms with E-state index in [1.54, 1.807) is 12.1 Å². The molecule has 1 rings (SSSR count). The fourth-order valence-electron chi connectivity index (χ4n) is 2.23. The summed E-state index contributed by atoms with van der Waals surface area (Å²) >= 11 is 0. The number of benzene rings is 1. The van der Waals surface area contributed by atoms with Crippen LogP contribution in [0.15, 0.2) is 24.3 Å². The van der Waals surface area contributed by atoms with Crippen LogP contribution in [0.4, 0.5) is 0 Å². The molecule has 0 amide bonds. The average Bonchev–Trinajstić information content (AvgIpc) is 2.37. The molecular weight excluding hydrogens is 264 g/mol. The van der Waals surface area contributed by atoms with E-state index in [1.807, 2.05) is 12.1 Å². The van der Waals surface area contributed by atoms with Crippen molar-refractivity contribution in [2.45, 2.75) is 39.8 Å². The van der Waals surface area contributed by atoms with Crippen LogP contribution in [-0.4, -0.2) is 42.7 Å². The summed E-state index contributed by atoms with van der Waals surface area (Å²) in [6.07, 6.45) is 1.09. The predicted molar refractivity (Wildman–Crippen MR) is 86.7 cm³/mol. The topological polar surface area (TPSA) is 52.6 Å². The Kier molecular flexibility index (Phi) is 6.37. The number of hydrogen-bond donors (Lipinski definition) is 2. The molecule has 1 aromatic carbocycles. The van der Waals surface area contributed by atoms with E-state index in [1.165, 1.54) is 0 Å². The van der Waals surface area contributed by atoms with Gasteiger partial charge in [-0.25, -0.2) is 4.79 Å². The van der Waals surface area contributed by atoms with Crippen LogP contribution in [0.3, 0.4) is 0 Å². The first-order valence-electron chi connectivity index (χ1n) is 7.40. The van der Waals surface area contributed by atoms with Gasteiger partial charge in [-0.2, -0.15) is 0 Å². The Bertz CT molecular complexity index is 447. The lowest BCUT2D eigenvalue weighted by molar-refractivity contribution is 0.0697. The van der Waals surface area contributed by atoms with E-state index in [0.29, 0.717) is 11.6 Å². The van der Waals surface area contributed by atoms with E-state index in [0.717, 1.165) is 25.1 Å². The molecule has 0 aliphatic rings. The van der Waals surface area contributed by atoms with Crippen LogP contribution in [0.2, 0.25) is 0 Å². The average molecular weight is 292 g/mol. The van der Waals surface area contributed by atoms with Crippen molar-refractivity contribution in [3.8, 4) is 0 Å². The van der Waals surface area contributed by atoms with Crippen molar-refractivity contribution in [2.24, 2.45) is 5.41 Å². The summed E-state index contributed by atoms with van der Waals surface area (Å²) in [7, 11) is 4.18. The van der Waals surface area contributed by atoms with Crippen molar-refractivity contribution in [3.63, 3.8) is 0 Å². The molecule has 0 heterocycles. The monoisotopic (exact) mass is 292 g/mol. The molecule has 1 aromatic rings. The number of rotatable bonds is 7. The highest BCUT2D eigenvalue weighted by Gasteiger charge is 2.23. The van der Waals surface area contributed by atoms with Gasteiger partial charge in [0.15, 0.2) is 0 Å². The molecule has 0 aliphatic carbocycles. The van der Waals surface area contributed by atoms with Gasteiger partial charge in [-0.05, 0) is 50.2 Å². The lowest BCUT2D eigenvalue weighted by atomic mass is 9.84. The minimum atomic E-state index is -0.881. The first-order valence-corrected chi connectivity index (χ1v) is 7.40. The molecule has 0 spiro atoms.